The maximum atomic E-state index is 5.37. The quantitative estimate of drug-likeness (QED) is 0.826. The van der Waals surface area contributed by atoms with Gasteiger partial charge in [0.05, 0.1) is 47.5 Å². The summed E-state index contributed by atoms with van der Waals surface area (Å²) >= 11 is 0. The Morgan fingerprint density at radius 3 is 1.94 bits per heavy atom. The van der Waals surface area contributed by atoms with Crippen LogP contribution in [0.15, 0.2) is 12.1 Å². The van der Waals surface area contributed by atoms with E-state index in [-0.39, 0.29) is 0 Å². The fourth-order valence-corrected chi connectivity index (χ4v) is 2.26. The number of hydrogen-bond donors (Lipinski definition) is 1. The van der Waals surface area contributed by atoms with Gasteiger partial charge in [-0.3, -0.25) is 0 Å². The molecule has 2 rings (SSSR count). The average molecular weight is 253 g/mol. The van der Waals surface area contributed by atoms with Crippen molar-refractivity contribution in [2.45, 2.75) is 0 Å². The summed E-state index contributed by atoms with van der Waals surface area (Å²) in [5, 5.41) is 2.33. The monoisotopic (exact) mass is 253 g/mol. The Morgan fingerprint density at radius 2 is 1.50 bits per heavy atom. The van der Waals surface area contributed by atoms with Gasteiger partial charge in [0.15, 0.2) is 11.5 Å². The Hall–Kier alpha value is -1.62. The molecule has 0 aromatic heterocycles. The van der Waals surface area contributed by atoms with E-state index in [4.69, 9.17) is 14.2 Å². The lowest BCUT2D eigenvalue weighted by Gasteiger charge is -2.28. The molecule has 100 valence electrons. The molecule has 0 spiro atoms. The number of piperazine rings is 1. The second-order valence-electron chi connectivity index (χ2n) is 4.24. The molecule has 1 aromatic carbocycles. The average Bonchev–Trinajstić information content (AvgIpc) is 2.46. The highest BCUT2D eigenvalue weighted by Crippen LogP contribution is 2.40. The first kappa shape index (κ1) is 12.8. The third-order valence-electron chi connectivity index (χ3n) is 3.22. The van der Waals surface area contributed by atoms with E-state index < -0.39 is 0 Å². The molecule has 0 radical (unpaired) electrons. The van der Waals surface area contributed by atoms with Crippen molar-refractivity contribution in [3.05, 3.63) is 12.1 Å². The van der Waals surface area contributed by atoms with E-state index in [1.165, 1.54) is 0 Å². The molecule has 0 atom stereocenters. The molecule has 1 aliphatic heterocycles. The van der Waals surface area contributed by atoms with Gasteiger partial charge in [-0.05, 0) is 0 Å². The van der Waals surface area contributed by atoms with Crippen molar-refractivity contribution in [1.82, 2.24) is 0 Å². The van der Waals surface area contributed by atoms with Crippen LogP contribution in [0.3, 0.4) is 0 Å². The number of hydrogen-bond acceptors (Lipinski definition) is 4. The van der Waals surface area contributed by atoms with Crippen LogP contribution in [-0.2, 0) is 0 Å². The molecule has 5 nitrogen and oxygen atoms in total. The summed E-state index contributed by atoms with van der Waals surface area (Å²) < 4.78 is 16.1. The van der Waals surface area contributed by atoms with Crippen LogP contribution < -0.4 is 24.4 Å². The number of quaternary nitrogens is 1. The van der Waals surface area contributed by atoms with Gasteiger partial charge in [-0.1, -0.05) is 0 Å². The highest BCUT2D eigenvalue weighted by atomic mass is 16.5. The van der Waals surface area contributed by atoms with Gasteiger partial charge in [0, 0.05) is 17.8 Å². The molecule has 18 heavy (non-hydrogen) atoms. The first-order valence-electron chi connectivity index (χ1n) is 6.16. The summed E-state index contributed by atoms with van der Waals surface area (Å²) in [4.78, 5) is 2.34. The van der Waals surface area contributed by atoms with Crippen LogP contribution in [0.5, 0.6) is 17.2 Å². The Kier molecular flexibility index (Phi) is 4.15. The minimum absolute atomic E-state index is 0.646. The molecule has 0 aliphatic carbocycles. The maximum absolute atomic E-state index is 5.37. The predicted octanol–water partition coefficient (Wildman–Crippen LogP) is 0.0958. The van der Waals surface area contributed by atoms with Crippen LogP contribution in [0.25, 0.3) is 0 Å². The molecule has 1 aromatic rings. The van der Waals surface area contributed by atoms with Gasteiger partial charge in [0.25, 0.3) is 0 Å². The highest BCUT2D eigenvalue weighted by Gasteiger charge is 2.18. The van der Waals surface area contributed by atoms with Crippen LogP contribution >= 0.6 is 0 Å². The zero-order valence-electron chi connectivity index (χ0n) is 11.2. The number of ether oxygens (including phenoxy) is 3. The molecule has 0 unspecified atom stereocenters. The number of benzene rings is 1. The fourth-order valence-electron chi connectivity index (χ4n) is 2.26. The third kappa shape index (κ3) is 2.46. The van der Waals surface area contributed by atoms with Crippen LogP contribution in [0.1, 0.15) is 0 Å². The fraction of sp³-hybridized carbons (Fsp3) is 0.538. The Bertz CT molecular complexity index is 378. The van der Waals surface area contributed by atoms with Crippen LogP contribution in [0.4, 0.5) is 5.69 Å². The van der Waals surface area contributed by atoms with E-state index in [1.807, 2.05) is 12.1 Å². The topological polar surface area (TPSA) is 47.5 Å². The van der Waals surface area contributed by atoms with Crippen molar-refractivity contribution >= 4 is 5.69 Å². The second kappa shape index (κ2) is 5.82. The first-order valence-corrected chi connectivity index (χ1v) is 6.16. The molecule has 1 fully saturated rings. The van der Waals surface area contributed by atoms with E-state index in [0.29, 0.717) is 17.2 Å². The number of nitrogens with two attached hydrogens (primary N) is 1. The van der Waals surface area contributed by atoms with Gasteiger partial charge in [-0.15, -0.1) is 0 Å². The normalized spacial score (nSPS) is 15.4. The summed E-state index contributed by atoms with van der Waals surface area (Å²) in [6, 6.07) is 4.01. The number of methoxy groups -OCH3 is 3. The Labute approximate surface area is 108 Å². The first-order chi connectivity index (χ1) is 8.80. The van der Waals surface area contributed by atoms with Crippen molar-refractivity contribution in [2.24, 2.45) is 0 Å². The van der Waals surface area contributed by atoms with Crippen molar-refractivity contribution in [2.75, 3.05) is 52.4 Å². The van der Waals surface area contributed by atoms with Gasteiger partial charge in [0.2, 0.25) is 5.75 Å². The van der Waals surface area contributed by atoms with Crippen molar-refractivity contribution in [3.8, 4) is 17.2 Å². The van der Waals surface area contributed by atoms with E-state index in [1.54, 1.807) is 21.3 Å². The molecule has 2 N–H and O–H groups in total. The van der Waals surface area contributed by atoms with Gasteiger partial charge in [-0.25, -0.2) is 0 Å². The number of rotatable bonds is 4. The standard InChI is InChI=1S/C13H20N2O3/c1-16-11-8-10(15-6-4-14-5-7-15)9-12(17-2)13(11)18-3/h8-9,14H,4-7H2,1-3H3/p+1. The second-order valence-corrected chi connectivity index (χ2v) is 4.24. The number of anilines is 1. The van der Waals surface area contributed by atoms with Gasteiger partial charge in [0.1, 0.15) is 0 Å². The van der Waals surface area contributed by atoms with E-state index >= 15 is 0 Å². The van der Waals surface area contributed by atoms with Crippen molar-refractivity contribution in [3.63, 3.8) is 0 Å². The summed E-state index contributed by atoms with van der Waals surface area (Å²) in [5.41, 5.74) is 1.12. The van der Waals surface area contributed by atoms with Gasteiger partial charge >= 0.3 is 0 Å². The zero-order chi connectivity index (χ0) is 13.0. The van der Waals surface area contributed by atoms with Crippen LogP contribution in [0.2, 0.25) is 0 Å². The maximum Gasteiger partial charge on any atom is 0.203 e. The smallest absolute Gasteiger partial charge is 0.203 e. The largest absolute Gasteiger partial charge is 0.493 e. The minimum Gasteiger partial charge on any atom is -0.493 e. The molecule has 0 amide bonds. The molecular formula is C13H21N2O3+. The molecular weight excluding hydrogens is 232 g/mol. The lowest BCUT2D eigenvalue weighted by Crippen LogP contribution is -2.89. The highest BCUT2D eigenvalue weighted by molar-refractivity contribution is 5.63. The lowest BCUT2D eigenvalue weighted by molar-refractivity contribution is -0.655. The molecule has 1 aliphatic rings. The van der Waals surface area contributed by atoms with Crippen molar-refractivity contribution < 1.29 is 19.5 Å². The molecule has 5 heteroatoms. The third-order valence-corrected chi connectivity index (χ3v) is 3.22. The predicted molar refractivity (Wildman–Crippen MR) is 70.0 cm³/mol. The lowest BCUT2D eigenvalue weighted by atomic mass is 10.2. The SMILES string of the molecule is COc1cc(N2CC[NH2+]CC2)cc(OC)c1OC. The summed E-state index contributed by atoms with van der Waals surface area (Å²) in [7, 11) is 4.91. The van der Waals surface area contributed by atoms with E-state index in [2.05, 4.69) is 10.2 Å². The van der Waals surface area contributed by atoms with E-state index in [9.17, 15) is 0 Å². The Balaban J connectivity index is 2.35. The summed E-state index contributed by atoms with van der Waals surface area (Å²) in [5.74, 6) is 2.06. The zero-order valence-corrected chi connectivity index (χ0v) is 11.2. The van der Waals surface area contributed by atoms with Crippen molar-refractivity contribution in [1.29, 1.82) is 0 Å². The summed E-state index contributed by atoms with van der Waals surface area (Å²) in [6.45, 7) is 4.32. The molecule has 0 bridgehead atoms. The minimum atomic E-state index is 0.646. The molecule has 0 saturated carbocycles. The molecule has 1 heterocycles. The van der Waals surface area contributed by atoms with Gasteiger partial charge in [-0.2, -0.15) is 0 Å². The summed E-state index contributed by atoms with van der Waals surface area (Å²) in [6.07, 6.45) is 0. The number of nitrogens with zero attached hydrogens (tertiary/aromatic N) is 1. The molecule has 1 saturated heterocycles. The van der Waals surface area contributed by atoms with Crippen LogP contribution in [-0.4, -0.2) is 47.5 Å². The van der Waals surface area contributed by atoms with Gasteiger partial charge < -0.3 is 24.4 Å². The van der Waals surface area contributed by atoms with E-state index in [0.717, 1.165) is 31.9 Å². The Morgan fingerprint density at radius 1 is 0.944 bits per heavy atom. The van der Waals surface area contributed by atoms with Crippen LogP contribution in [0, 0.1) is 0 Å².